The molecule has 1 N–H and O–H groups in total. The minimum atomic E-state index is -3.70. The topological polar surface area (TPSA) is 90.9 Å². The molecule has 3 rings (SSSR count). The average Bonchev–Trinajstić information content (AvgIpc) is 2.92. The fraction of sp³-hybridized carbons (Fsp3) is 0.350. The molecular formula is C20H23NO6S. The normalized spacial score (nSPS) is 14.6. The van der Waals surface area contributed by atoms with E-state index in [1.165, 1.54) is 14.0 Å². The van der Waals surface area contributed by atoms with E-state index < -0.39 is 21.0 Å². The summed E-state index contributed by atoms with van der Waals surface area (Å²) in [7, 11) is -2.19. The molecule has 0 aliphatic carbocycles. The fourth-order valence-electron chi connectivity index (χ4n) is 2.77. The first-order chi connectivity index (χ1) is 13.4. The minimum Gasteiger partial charge on any atom is -0.497 e. The first-order valence-electron chi connectivity index (χ1n) is 8.94. The standard InChI is InChI=1S/C20H23NO6S/c1-14(28(23,24)13-15-5-3-6-17(11-15)25-2)20(22)21-16-7-8-18-19(12-16)27-10-4-9-26-18/h3,5-8,11-12,14H,4,9-10,13H2,1-2H3,(H,21,22)/t14-/m1/s1. The molecule has 0 radical (unpaired) electrons. The largest absolute Gasteiger partial charge is 0.497 e. The molecule has 7 nitrogen and oxygen atoms in total. The highest BCUT2D eigenvalue weighted by Crippen LogP contribution is 2.32. The van der Waals surface area contributed by atoms with E-state index in [-0.39, 0.29) is 5.75 Å². The second kappa shape index (κ2) is 8.52. The molecule has 2 aromatic rings. The number of fused-ring (bicyclic) bond motifs is 1. The van der Waals surface area contributed by atoms with Gasteiger partial charge in [-0.25, -0.2) is 8.42 Å². The van der Waals surface area contributed by atoms with E-state index in [4.69, 9.17) is 14.2 Å². The quantitative estimate of drug-likeness (QED) is 0.795. The lowest BCUT2D eigenvalue weighted by Crippen LogP contribution is -2.33. The Morgan fingerprint density at radius 1 is 1.14 bits per heavy atom. The first-order valence-corrected chi connectivity index (χ1v) is 10.7. The van der Waals surface area contributed by atoms with Crippen LogP contribution in [-0.2, 0) is 20.4 Å². The summed E-state index contributed by atoms with van der Waals surface area (Å²) < 4.78 is 41.6. The van der Waals surface area contributed by atoms with Crippen LogP contribution in [0.1, 0.15) is 18.9 Å². The number of carbonyl (C=O) groups is 1. The molecule has 0 saturated carbocycles. The number of ether oxygens (including phenoxy) is 3. The van der Waals surface area contributed by atoms with E-state index in [1.54, 1.807) is 42.5 Å². The molecule has 8 heteroatoms. The smallest absolute Gasteiger partial charge is 0.242 e. The van der Waals surface area contributed by atoms with E-state index in [9.17, 15) is 13.2 Å². The summed E-state index contributed by atoms with van der Waals surface area (Å²) in [6, 6.07) is 11.8. The van der Waals surface area contributed by atoms with Crippen LogP contribution < -0.4 is 19.5 Å². The highest BCUT2D eigenvalue weighted by Gasteiger charge is 2.28. The summed E-state index contributed by atoms with van der Waals surface area (Å²) in [6.07, 6.45) is 0.774. The van der Waals surface area contributed by atoms with E-state index in [0.717, 1.165) is 6.42 Å². The van der Waals surface area contributed by atoms with Gasteiger partial charge in [-0.2, -0.15) is 0 Å². The van der Waals surface area contributed by atoms with Crippen molar-refractivity contribution >= 4 is 21.4 Å². The van der Waals surface area contributed by atoms with Gasteiger partial charge in [-0.3, -0.25) is 4.79 Å². The number of hydrogen-bond donors (Lipinski definition) is 1. The third-order valence-electron chi connectivity index (χ3n) is 4.42. The highest BCUT2D eigenvalue weighted by molar-refractivity contribution is 7.92. The second-order valence-electron chi connectivity index (χ2n) is 6.50. The molecule has 150 valence electrons. The number of benzene rings is 2. The highest BCUT2D eigenvalue weighted by atomic mass is 32.2. The van der Waals surface area contributed by atoms with Gasteiger partial charge in [0.25, 0.3) is 0 Å². The molecule has 1 heterocycles. The number of sulfone groups is 1. The summed E-state index contributed by atoms with van der Waals surface area (Å²) in [4.78, 5) is 12.5. The summed E-state index contributed by atoms with van der Waals surface area (Å²) >= 11 is 0. The maximum Gasteiger partial charge on any atom is 0.242 e. The Morgan fingerprint density at radius 3 is 2.64 bits per heavy atom. The van der Waals surface area contributed by atoms with Crippen molar-refractivity contribution in [2.45, 2.75) is 24.3 Å². The molecule has 1 aliphatic rings. The SMILES string of the molecule is COc1cccc(CS(=O)(=O)[C@H](C)C(=O)Nc2ccc3c(c2)OCCCO3)c1. The minimum absolute atomic E-state index is 0.250. The van der Waals surface area contributed by atoms with Gasteiger partial charge < -0.3 is 19.5 Å². The number of nitrogens with one attached hydrogen (secondary N) is 1. The van der Waals surface area contributed by atoms with Crippen molar-refractivity contribution in [3.8, 4) is 17.2 Å². The van der Waals surface area contributed by atoms with E-state index in [1.807, 2.05) is 0 Å². The van der Waals surface area contributed by atoms with Gasteiger partial charge in [-0.1, -0.05) is 12.1 Å². The van der Waals surface area contributed by atoms with Crippen molar-refractivity contribution in [2.24, 2.45) is 0 Å². The van der Waals surface area contributed by atoms with Crippen LogP contribution in [0, 0.1) is 0 Å². The first kappa shape index (κ1) is 20.0. The monoisotopic (exact) mass is 405 g/mol. The van der Waals surface area contributed by atoms with Gasteiger partial charge in [0.2, 0.25) is 5.91 Å². The van der Waals surface area contributed by atoms with Crippen molar-refractivity contribution in [3.05, 3.63) is 48.0 Å². The molecule has 1 aliphatic heterocycles. The van der Waals surface area contributed by atoms with E-state index in [2.05, 4.69) is 5.32 Å². The molecule has 28 heavy (non-hydrogen) atoms. The lowest BCUT2D eigenvalue weighted by molar-refractivity contribution is -0.115. The Labute approximate surface area is 164 Å². The van der Waals surface area contributed by atoms with Gasteiger partial charge in [-0.15, -0.1) is 0 Å². The van der Waals surface area contributed by atoms with Gasteiger partial charge in [0.15, 0.2) is 21.3 Å². The zero-order valence-electron chi connectivity index (χ0n) is 15.8. The lowest BCUT2D eigenvalue weighted by atomic mass is 10.2. The Morgan fingerprint density at radius 2 is 1.89 bits per heavy atom. The van der Waals surface area contributed by atoms with E-state index >= 15 is 0 Å². The molecule has 0 fully saturated rings. The Kier molecular flexibility index (Phi) is 6.08. The van der Waals surface area contributed by atoms with Crippen LogP contribution in [0.15, 0.2) is 42.5 Å². The van der Waals surface area contributed by atoms with E-state index in [0.29, 0.717) is 41.7 Å². The van der Waals surface area contributed by atoms with Gasteiger partial charge in [0, 0.05) is 18.2 Å². The zero-order valence-corrected chi connectivity index (χ0v) is 16.6. The van der Waals surface area contributed by atoms with Crippen molar-refractivity contribution in [2.75, 3.05) is 25.6 Å². The second-order valence-corrected chi connectivity index (χ2v) is 8.82. The van der Waals surface area contributed by atoms with Gasteiger partial charge in [0.1, 0.15) is 11.0 Å². The van der Waals surface area contributed by atoms with Crippen LogP contribution in [0.5, 0.6) is 17.2 Å². The van der Waals surface area contributed by atoms with Crippen LogP contribution in [0.25, 0.3) is 0 Å². The summed E-state index contributed by atoms with van der Waals surface area (Å²) in [6.45, 7) is 2.47. The molecule has 2 aromatic carbocycles. The number of amides is 1. The van der Waals surface area contributed by atoms with Crippen LogP contribution in [0.2, 0.25) is 0 Å². The third-order valence-corrected chi connectivity index (χ3v) is 6.45. The van der Waals surface area contributed by atoms with Crippen LogP contribution in [-0.4, -0.2) is 39.9 Å². The van der Waals surface area contributed by atoms with Crippen LogP contribution >= 0.6 is 0 Å². The number of anilines is 1. The Bertz CT molecular complexity index is 957. The summed E-state index contributed by atoms with van der Waals surface area (Å²) in [5, 5.41) is 1.44. The Hall–Kier alpha value is -2.74. The molecule has 0 spiro atoms. The van der Waals surface area contributed by atoms with Crippen LogP contribution in [0.4, 0.5) is 5.69 Å². The number of methoxy groups -OCH3 is 1. The van der Waals surface area contributed by atoms with Crippen molar-refractivity contribution in [1.29, 1.82) is 0 Å². The molecule has 0 bridgehead atoms. The van der Waals surface area contributed by atoms with Gasteiger partial charge >= 0.3 is 0 Å². The molecule has 1 atom stereocenters. The van der Waals surface area contributed by atoms with Crippen molar-refractivity contribution in [1.82, 2.24) is 0 Å². The summed E-state index contributed by atoms with van der Waals surface area (Å²) in [5.74, 6) is 0.852. The molecular weight excluding hydrogens is 382 g/mol. The predicted octanol–water partition coefficient (Wildman–Crippen LogP) is 2.80. The van der Waals surface area contributed by atoms with Crippen molar-refractivity contribution in [3.63, 3.8) is 0 Å². The Balaban J connectivity index is 1.70. The number of hydrogen-bond acceptors (Lipinski definition) is 6. The van der Waals surface area contributed by atoms with Crippen molar-refractivity contribution < 1.29 is 27.4 Å². The van der Waals surface area contributed by atoms with Crippen LogP contribution in [0.3, 0.4) is 0 Å². The lowest BCUT2D eigenvalue weighted by Gasteiger charge is -2.15. The molecule has 0 unspecified atom stereocenters. The molecule has 1 amide bonds. The third kappa shape index (κ3) is 4.75. The maximum atomic E-state index is 12.7. The summed E-state index contributed by atoms with van der Waals surface area (Å²) in [5.41, 5.74) is 1.02. The fourth-order valence-corrected chi connectivity index (χ4v) is 4.05. The average molecular weight is 405 g/mol. The predicted molar refractivity (Wildman–Crippen MR) is 106 cm³/mol. The number of rotatable bonds is 6. The van der Waals surface area contributed by atoms with Gasteiger partial charge in [0.05, 0.1) is 26.1 Å². The van der Waals surface area contributed by atoms with Gasteiger partial charge in [-0.05, 0) is 36.8 Å². The molecule has 0 saturated heterocycles. The maximum absolute atomic E-state index is 12.7. The molecule has 0 aromatic heterocycles. The number of carbonyl (C=O) groups excluding carboxylic acids is 1. The zero-order chi connectivity index (χ0) is 20.1.